The number of thiazole rings is 1. The molecule has 0 fully saturated rings. The summed E-state index contributed by atoms with van der Waals surface area (Å²) in [6.07, 6.45) is 3.49. The lowest BCUT2D eigenvalue weighted by molar-refractivity contribution is -0.112. The van der Waals surface area contributed by atoms with E-state index in [1.165, 1.54) is 43.8 Å². The molecule has 2 aromatic carbocycles. The van der Waals surface area contributed by atoms with Gasteiger partial charge in [0.15, 0.2) is 16.6 Å². The van der Waals surface area contributed by atoms with E-state index in [0.29, 0.717) is 27.2 Å². The van der Waals surface area contributed by atoms with E-state index < -0.39 is 5.91 Å². The van der Waals surface area contributed by atoms with Gasteiger partial charge in [-0.2, -0.15) is 5.26 Å². The summed E-state index contributed by atoms with van der Waals surface area (Å²) in [6.45, 7) is 0. The lowest BCUT2D eigenvalue weighted by Gasteiger charge is -2.09. The average Bonchev–Trinajstić information content (AvgIpc) is 3.21. The Balaban J connectivity index is 1.78. The zero-order valence-corrected chi connectivity index (χ0v) is 19.3. The Bertz CT molecular complexity index is 1210. The summed E-state index contributed by atoms with van der Waals surface area (Å²) in [6, 6.07) is 10.0. The Hall–Kier alpha value is -3.25. The Kier molecular flexibility index (Phi) is 7.59. The molecule has 0 radical (unpaired) electrons. The van der Waals surface area contributed by atoms with Crippen LogP contribution in [0.25, 0.3) is 6.08 Å². The van der Waals surface area contributed by atoms with Crippen LogP contribution in [0.15, 0.2) is 42.1 Å². The number of phenolic OH excluding ortho intramolecular Hbond substituents is 1. The monoisotopic (exact) mass is 489 g/mol. The number of hydrogen-bond donors (Lipinski definition) is 2. The molecule has 32 heavy (non-hydrogen) atoms. The molecule has 0 aliphatic heterocycles. The SMILES string of the molecule is COc1cc(/C=C(\C#N)C(=O)Nc2ncc(Cc3cc(Cl)ccc3Cl)s2)cc(OC)c1O. The topological polar surface area (TPSA) is 104 Å². The number of nitrogens with zero attached hydrogens (tertiary/aromatic N) is 2. The molecule has 10 heteroatoms. The molecule has 0 saturated carbocycles. The van der Waals surface area contributed by atoms with Gasteiger partial charge in [0, 0.05) is 27.5 Å². The smallest absolute Gasteiger partial charge is 0.268 e. The fourth-order valence-electron chi connectivity index (χ4n) is 2.79. The fourth-order valence-corrected chi connectivity index (χ4v) is 4.00. The first kappa shape index (κ1) is 23.4. The van der Waals surface area contributed by atoms with Gasteiger partial charge in [0.05, 0.1) is 14.2 Å². The zero-order valence-electron chi connectivity index (χ0n) is 17.0. The first-order valence-electron chi connectivity index (χ1n) is 9.11. The molecule has 1 amide bonds. The number of aromatic hydroxyl groups is 1. The summed E-state index contributed by atoms with van der Waals surface area (Å²) in [7, 11) is 2.77. The number of nitrogens with one attached hydrogen (secondary N) is 1. The largest absolute Gasteiger partial charge is 0.502 e. The van der Waals surface area contributed by atoms with E-state index in [4.69, 9.17) is 32.7 Å². The Labute approximate surface area is 198 Å². The molecular formula is C22H17Cl2N3O4S. The van der Waals surface area contributed by atoms with Gasteiger partial charge in [0.25, 0.3) is 5.91 Å². The van der Waals surface area contributed by atoms with Crippen LogP contribution < -0.4 is 14.8 Å². The number of carbonyl (C=O) groups is 1. The van der Waals surface area contributed by atoms with Gasteiger partial charge < -0.3 is 14.6 Å². The van der Waals surface area contributed by atoms with Crippen LogP contribution in [0.1, 0.15) is 16.0 Å². The highest BCUT2D eigenvalue weighted by Crippen LogP contribution is 2.37. The molecule has 0 saturated heterocycles. The second kappa shape index (κ2) is 10.4. The third-order valence-corrected chi connectivity index (χ3v) is 5.84. The number of aromatic nitrogens is 1. The number of halogens is 2. The van der Waals surface area contributed by atoms with Crippen LogP contribution in [-0.2, 0) is 11.2 Å². The van der Waals surface area contributed by atoms with E-state index in [1.54, 1.807) is 24.4 Å². The molecule has 164 valence electrons. The van der Waals surface area contributed by atoms with E-state index in [2.05, 4.69) is 10.3 Å². The lowest BCUT2D eigenvalue weighted by atomic mass is 10.1. The maximum atomic E-state index is 12.6. The van der Waals surface area contributed by atoms with Crippen LogP contribution >= 0.6 is 34.5 Å². The van der Waals surface area contributed by atoms with Crippen molar-refractivity contribution in [1.82, 2.24) is 4.98 Å². The van der Waals surface area contributed by atoms with Gasteiger partial charge in [-0.15, -0.1) is 11.3 Å². The van der Waals surface area contributed by atoms with Crippen molar-refractivity contribution in [3.63, 3.8) is 0 Å². The maximum Gasteiger partial charge on any atom is 0.268 e. The van der Waals surface area contributed by atoms with Crippen molar-refractivity contribution in [2.75, 3.05) is 19.5 Å². The van der Waals surface area contributed by atoms with Gasteiger partial charge in [-0.25, -0.2) is 4.98 Å². The van der Waals surface area contributed by atoms with Gasteiger partial charge in [-0.3, -0.25) is 10.1 Å². The van der Waals surface area contributed by atoms with Crippen molar-refractivity contribution >= 4 is 51.7 Å². The Morgan fingerprint density at radius 1 is 1.25 bits per heavy atom. The number of methoxy groups -OCH3 is 2. The molecule has 0 aliphatic rings. The van der Waals surface area contributed by atoms with Crippen LogP contribution in [0.5, 0.6) is 17.2 Å². The highest BCUT2D eigenvalue weighted by atomic mass is 35.5. The first-order chi connectivity index (χ1) is 15.3. The molecule has 0 aliphatic carbocycles. The predicted octanol–water partition coefficient (Wildman–Crippen LogP) is 5.31. The quantitative estimate of drug-likeness (QED) is 0.344. The second-order valence-corrected chi connectivity index (χ2v) is 8.40. The predicted molar refractivity (Wildman–Crippen MR) is 125 cm³/mol. The molecule has 0 spiro atoms. The molecule has 1 heterocycles. The molecule has 7 nitrogen and oxygen atoms in total. The van der Waals surface area contributed by atoms with Gasteiger partial charge >= 0.3 is 0 Å². The van der Waals surface area contributed by atoms with E-state index in [-0.39, 0.29) is 22.8 Å². The van der Waals surface area contributed by atoms with Crippen LogP contribution in [0.3, 0.4) is 0 Å². The number of rotatable bonds is 7. The zero-order chi connectivity index (χ0) is 23.3. The second-order valence-electron chi connectivity index (χ2n) is 6.44. The van der Waals surface area contributed by atoms with Crippen molar-refractivity contribution < 1.29 is 19.4 Å². The van der Waals surface area contributed by atoms with Crippen LogP contribution in [0, 0.1) is 11.3 Å². The van der Waals surface area contributed by atoms with E-state index in [1.807, 2.05) is 6.07 Å². The minimum Gasteiger partial charge on any atom is -0.502 e. The maximum absolute atomic E-state index is 12.6. The summed E-state index contributed by atoms with van der Waals surface area (Å²) in [5.41, 5.74) is 1.13. The molecule has 3 aromatic rings. The van der Waals surface area contributed by atoms with Crippen molar-refractivity contribution in [3.05, 3.63) is 68.2 Å². The van der Waals surface area contributed by atoms with Crippen molar-refractivity contribution in [2.45, 2.75) is 6.42 Å². The average molecular weight is 490 g/mol. The minimum absolute atomic E-state index is 0.150. The third-order valence-electron chi connectivity index (χ3n) is 4.32. The Morgan fingerprint density at radius 3 is 2.56 bits per heavy atom. The summed E-state index contributed by atoms with van der Waals surface area (Å²) >= 11 is 13.5. The van der Waals surface area contributed by atoms with Gasteiger partial charge in [-0.1, -0.05) is 23.2 Å². The highest BCUT2D eigenvalue weighted by molar-refractivity contribution is 7.15. The van der Waals surface area contributed by atoms with E-state index >= 15 is 0 Å². The molecule has 0 atom stereocenters. The van der Waals surface area contributed by atoms with Crippen LogP contribution in [-0.4, -0.2) is 30.2 Å². The number of benzene rings is 2. The first-order valence-corrected chi connectivity index (χ1v) is 10.7. The molecule has 3 rings (SSSR count). The van der Waals surface area contributed by atoms with E-state index in [0.717, 1.165) is 10.4 Å². The number of nitriles is 1. The minimum atomic E-state index is -0.625. The van der Waals surface area contributed by atoms with Gasteiger partial charge in [0.1, 0.15) is 11.6 Å². The normalized spacial score (nSPS) is 11.0. The standard InChI is InChI=1S/C22H17Cl2N3O4S/c1-30-18-6-12(7-19(31-2)20(18)28)5-14(10-25)21(29)27-22-26-11-16(32-22)9-13-8-15(23)3-4-17(13)24/h3-8,11,28H,9H2,1-2H3,(H,26,27,29)/b14-5+. The summed E-state index contributed by atoms with van der Waals surface area (Å²) in [4.78, 5) is 17.7. The number of amides is 1. The number of ether oxygens (including phenoxy) is 2. The summed E-state index contributed by atoms with van der Waals surface area (Å²) < 4.78 is 10.2. The molecule has 1 aromatic heterocycles. The molecule has 0 unspecified atom stereocenters. The number of anilines is 1. The third kappa shape index (κ3) is 5.51. The fraction of sp³-hybridized carbons (Fsp3) is 0.136. The van der Waals surface area contributed by atoms with E-state index in [9.17, 15) is 15.2 Å². The number of carbonyl (C=O) groups excluding carboxylic acids is 1. The van der Waals surface area contributed by atoms with Gasteiger partial charge in [0.2, 0.25) is 5.75 Å². The van der Waals surface area contributed by atoms with Crippen molar-refractivity contribution in [3.8, 4) is 23.3 Å². The van der Waals surface area contributed by atoms with Crippen LogP contribution in [0.2, 0.25) is 10.0 Å². The van der Waals surface area contributed by atoms with Gasteiger partial charge in [-0.05, 0) is 47.5 Å². The number of hydrogen-bond acceptors (Lipinski definition) is 7. The molecular weight excluding hydrogens is 473 g/mol. The molecule has 0 bridgehead atoms. The molecule has 2 N–H and O–H groups in total. The number of phenols is 1. The highest BCUT2D eigenvalue weighted by Gasteiger charge is 2.15. The summed E-state index contributed by atoms with van der Waals surface area (Å²) in [5, 5.41) is 23.6. The lowest BCUT2D eigenvalue weighted by Crippen LogP contribution is -2.13. The van der Waals surface area contributed by atoms with Crippen LogP contribution in [0.4, 0.5) is 5.13 Å². The van der Waals surface area contributed by atoms with Crippen molar-refractivity contribution in [1.29, 1.82) is 5.26 Å². The Morgan fingerprint density at radius 2 is 1.94 bits per heavy atom. The van der Waals surface area contributed by atoms with Crippen molar-refractivity contribution in [2.24, 2.45) is 0 Å². The summed E-state index contributed by atoms with van der Waals surface area (Å²) in [5.74, 6) is -0.500.